The predicted molar refractivity (Wildman–Crippen MR) is 119 cm³/mol. The number of benzene rings is 1. The van der Waals surface area contributed by atoms with Gasteiger partial charge in [0.15, 0.2) is 23.3 Å². The lowest BCUT2D eigenvalue weighted by atomic mass is 10.0. The number of rotatable bonds is 6. The van der Waals surface area contributed by atoms with Gasteiger partial charge in [-0.25, -0.2) is 18.2 Å². The number of anilines is 4. The van der Waals surface area contributed by atoms with Crippen molar-refractivity contribution < 1.29 is 17.9 Å². The Morgan fingerprint density at radius 2 is 1.85 bits per heavy atom. The third-order valence-corrected chi connectivity index (χ3v) is 5.16. The van der Waals surface area contributed by atoms with Crippen LogP contribution in [0.5, 0.6) is 0 Å². The molecule has 0 spiro atoms. The van der Waals surface area contributed by atoms with Gasteiger partial charge < -0.3 is 20.7 Å². The summed E-state index contributed by atoms with van der Waals surface area (Å²) in [7, 11) is 0. The maximum absolute atomic E-state index is 14.5. The second-order valence-electron chi connectivity index (χ2n) is 7.97. The zero-order chi connectivity index (χ0) is 23.5. The Morgan fingerprint density at radius 1 is 1.15 bits per heavy atom. The van der Waals surface area contributed by atoms with Gasteiger partial charge in [0.1, 0.15) is 0 Å². The molecule has 0 aliphatic carbocycles. The zero-order valence-electron chi connectivity index (χ0n) is 18.2. The fourth-order valence-electron chi connectivity index (χ4n) is 3.75. The molecule has 1 fully saturated rings. The quantitative estimate of drug-likeness (QED) is 0.574. The minimum atomic E-state index is -2.42. The number of halogens is 3. The van der Waals surface area contributed by atoms with Crippen molar-refractivity contribution in [3.8, 4) is 11.1 Å². The first-order valence-electron chi connectivity index (χ1n) is 10.5. The largest absolute Gasteiger partial charge is 0.382 e. The van der Waals surface area contributed by atoms with E-state index in [2.05, 4.69) is 25.5 Å². The monoisotopic (exact) mass is 459 g/mol. The first-order valence-corrected chi connectivity index (χ1v) is 10.5. The van der Waals surface area contributed by atoms with Crippen molar-refractivity contribution in [2.24, 2.45) is 0 Å². The molecule has 3 aromatic rings. The van der Waals surface area contributed by atoms with Gasteiger partial charge in [-0.3, -0.25) is 0 Å². The molecule has 0 bridgehead atoms. The molecule has 3 heterocycles. The number of nitrogens with zero attached hydrogens (tertiary/aromatic N) is 5. The van der Waals surface area contributed by atoms with E-state index in [-0.39, 0.29) is 36.1 Å². The van der Waals surface area contributed by atoms with E-state index >= 15 is 0 Å². The molecule has 0 unspecified atom stereocenters. The van der Waals surface area contributed by atoms with E-state index in [4.69, 9.17) is 10.5 Å². The summed E-state index contributed by atoms with van der Waals surface area (Å²) >= 11 is 0. The summed E-state index contributed by atoms with van der Waals surface area (Å²) in [6.07, 6.45) is -1.65. The van der Waals surface area contributed by atoms with Crippen LogP contribution in [0.2, 0.25) is 0 Å². The van der Waals surface area contributed by atoms with E-state index in [9.17, 15) is 13.2 Å². The number of aromatic nitrogens is 4. The average Bonchev–Trinajstić information content (AvgIpc) is 2.76. The summed E-state index contributed by atoms with van der Waals surface area (Å²) in [4.78, 5) is 10.4. The Kier molecular flexibility index (Phi) is 6.59. The van der Waals surface area contributed by atoms with E-state index in [1.54, 1.807) is 30.3 Å². The van der Waals surface area contributed by atoms with Crippen molar-refractivity contribution in [1.82, 2.24) is 20.2 Å². The van der Waals surface area contributed by atoms with E-state index in [1.165, 1.54) is 0 Å². The van der Waals surface area contributed by atoms with Crippen LogP contribution in [0.15, 0.2) is 36.5 Å². The molecule has 1 saturated heterocycles. The second kappa shape index (κ2) is 9.57. The number of hydrogen-bond donors (Lipinski definition) is 2. The van der Waals surface area contributed by atoms with Crippen molar-refractivity contribution in [2.75, 3.05) is 29.0 Å². The molecule has 1 aliphatic rings. The molecule has 1 aromatic carbocycles. The molecule has 4 rings (SSSR count). The molecule has 2 atom stereocenters. The van der Waals surface area contributed by atoms with E-state index in [0.29, 0.717) is 35.7 Å². The number of nitrogens with two attached hydrogens (primary N) is 1. The Labute approximate surface area is 189 Å². The smallest absolute Gasteiger partial charge is 0.242 e. The van der Waals surface area contributed by atoms with Crippen LogP contribution in [0.1, 0.15) is 19.4 Å². The Bertz CT molecular complexity index is 1100. The second-order valence-corrected chi connectivity index (χ2v) is 7.97. The lowest BCUT2D eigenvalue weighted by Gasteiger charge is -2.35. The van der Waals surface area contributed by atoms with Crippen molar-refractivity contribution in [2.45, 2.75) is 38.9 Å². The van der Waals surface area contributed by atoms with Crippen molar-refractivity contribution >= 4 is 23.4 Å². The number of ether oxygens (including phenoxy) is 1. The maximum Gasteiger partial charge on any atom is 0.242 e. The van der Waals surface area contributed by atoms with Gasteiger partial charge in [-0.05, 0) is 31.0 Å². The highest BCUT2D eigenvalue weighted by Gasteiger charge is 2.25. The van der Waals surface area contributed by atoms with Crippen LogP contribution in [0, 0.1) is 5.82 Å². The van der Waals surface area contributed by atoms with Crippen LogP contribution in [-0.2, 0) is 11.2 Å². The van der Waals surface area contributed by atoms with E-state index in [0.717, 1.165) is 6.20 Å². The molecule has 1 aliphatic heterocycles. The van der Waals surface area contributed by atoms with Gasteiger partial charge in [-0.15, -0.1) is 10.2 Å². The average molecular weight is 459 g/mol. The molecule has 0 amide bonds. The van der Waals surface area contributed by atoms with E-state index in [1.807, 2.05) is 18.7 Å². The van der Waals surface area contributed by atoms with Gasteiger partial charge in [0.05, 0.1) is 18.4 Å². The molecule has 3 N–H and O–H groups in total. The first-order chi connectivity index (χ1) is 15.8. The van der Waals surface area contributed by atoms with Crippen molar-refractivity contribution in [1.29, 1.82) is 0 Å². The summed E-state index contributed by atoms with van der Waals surface area (Å²) in [6, 6.07) is 8.17. The topological polar surface area (TPSA) is 102 Å². The number of hydrogen-bond acceptors (Lipinski definition) is 8. The van der Waals surface area contributed by atoms with Gasteiger partial charge in [0.25, 0.3) is 0 Å². The molecule has 33 heavy (non-hydrogen) atoms. The Hall–Kier alpha value is -3.47. The molecule has 0 radical (unpaired) electrons. The Balaban J connectivity index is 1.57. The fraction of sp³-hybridized carbons (Fsp3) is 0.364. The van der Waals surface area contributed by atoms with Gasteiger partial charge >= 0.3 is 0 Å². The van der Waals surface area contributed by atoms with E-state index < -0.39 is 12.2 Å². The number of alkyl halides is 2. The highest BCUT2D eigenvalue weighted by Crippen LogP contribution is 2.28. The van der Waals surface area contributed by atoms with Crippen LogP contribution < -0.4 is 16.0 Å². The third kappa shape index (κ3) is 5.48. The highest BCUT2D eigenvalue weighted by molar-refractivity contribution is 5.76. The summed E-state index contributed by atoms with van der Waals surface area (Å²) in [5.74, 6) is 0.0540. The van der Waals surface area contributed by atoms with Crippen molar-refractivity contribution in [3.05, 3.63) is 47.9 Å². The highest BCUT2D eigenvalue weighted by atomic mass is 19.3. The predicted octanol–water partition coefficient (Wildman–Crippen LogP) is 3.82. The normalized spacial score (nSPS) is 18.5. The third-order valence-electron chi connectivity index (χ3n) is 5.16. The van der Waals surface area contributed by atoms with Crippen LogP contribution in [0.3, 0.4) is 0 Å². The zero-order valence-corrected chi connectivity index (χ0v) is 18.2. The minimum absolute atomic E-state index is 0.00332. The SMILES string of the molecule is C[C@@H]1CN(c2ncc(F)c(Nc3cc(-c4ccc(CC(F)F)cc4)c(N)nn3)n2)C[C@H](C)O1. The van der Waals surface area contributed by atoms with Crippen LogP contribution >= 0.6 is 0 Å². The summed E-state index contributed by atoms with van der Waals surface area (Å²) < 4.78 is 45.4. The summed E-state index contributed by atoms with van der Waals surface area (Å²) in [5, 5.41) is 10.8. The van der Waals surface area contributed by atoms with Gasteiger partial charge in [0.2, 0.25) is 12.4 Å². The molecule has 11 heteroatoms. The molecule has 2 aromatic heterocycles. The number of nitrogen functional groups attached to an aromatic ring is 1. The first kappa shape index (κ1) is 22.7. The van der Waals surface area contributed by atoms with Crippen LogP contribution in [-0.4, -0.2) is 51.9 Å². The van der Waals surface area contributed by atoms with Gasteiger partial charge in [-0.1, -0.05) is 24.3 Å². The van der Waals surface area contributed by atoms with Gasteiger partial charge in [0, 0.05) is 25.1 Å². The fourth-order valence-corrected chi connectivity index (χ4v) is 3.75. The van der Waals surface area contributed by atoms with Crippen molar-refractivity contribution in [3.63, 3.8) is 0 Å². The van der Waals surface area contributed by atoms with Crippen LogP contribution in [0.25, 0.3) is 11.1 Å². The maximum atomic E-state index is 14.5. The standard InChI is InChI=1S/C22H24F3N7O/c1-12-10-32(11-13(2)33-12)22-27-9-17(23)21(29-22)28-19-8-16(20(26)31-30-19)15-5-3-14(4-6-15)7-18(24)25/h3-6,8-9,12-13,18H,7,10-11H2,1-2H3,(H2,26,31)(H,27,28,29,30)/t12-,13+. The summed E-state index contributed by atoms with van der Waals surface area (Å²) in [5.41, 5.74) is 7.68. The number of morpholine rings is 1. The molecular weight excluding hydrogens is 435 g/mol. The molecular formula is C22H24F3N7O. The minimum Gasteiger partial charge on any atom is -0.382 e. The number of nitrogens with one attached hydrogen (secondary N) is 1. The molecule has 0 saturated carbocycles. The molecule has 174 valence electrons. The lowest BCUT2D eigenvalue weighted by molar-refractivity contribution is -0.00572. The van der Waals surface area contributed by atoms with Gasteiger partial charge in [-0.2, -0.15) is 4.98 Å². The van der Waals surface area contributed by atoms with Crippen LogP contribution in [0.4, 0.5) is 36.6 Å². The lowest BCUT2D eigenvalue weighted by Crippen LogP contribution is -2.46. The Morgan fingerprint density at radius 3 is 2.52 bits per heavy atom. The summed E-state index contributed by atoms with van der Waals surface area (Å²) in [6.45, 7) is 5.08. The molecule has 8 nitrogen and oxygen atoms in total.